The van der Waals surface area contributed by atoms with Gasteiger partial charge in [0.05, 0.1) is 11.4 Å². The first-order valence-corrected chi connectivity index (χ1v) is 6.29. The molecule has 0 aliphatic heterocycles. The van der Waals surface area contributed by atoms with Gasteiger partial charge < -0.3 is 5.73 Å². The van der Waals surface area contributed by atoms with E-state index in [0.717, 1.165) is 5.69 Å². The molecule has 1 rings (SSSR count). The summed E-state index contributed by atoms with van der Waals surface area (Å²) in [7, 11) is -2.89. The molecule has 0 saturated heterocycles. The van der Waals surface area contributed by atoms with E-state index in [0.29, 0.717) is 18.8 Å². The van der Waals surface area contributed by atoms with E-state index in [1.165, 1.54) is 6.26 Å². The van der Waals surface area contributed by atoms with Gasteiger partial charge in [-0.1, -0.05) is 5.21 Å². The van der Waals surface area contributed by atoms with Gasteiger partial charge in [0.15, 0.2) is 5.82 Å². The van der Waals surface area contributed by atoms with Crippen molar-refractivity contribution in [3.05, 3.63) is 5.69 Å². The number of rotatable bonds is 4. The number of nitrogens with two attached hydrogens (primary N) is 1. The van der Waals surface area contributed by atoms with Gasteiger partial charge in [-0.3, -0.25) is 0 Å². The van der Waals surface area contributed by atoms with Crippen LogP contribution >= 0.6 is 0 Å². The monoisotopic (exact) mass is 218 g/mol. The predicted octanol–water partition coefficient (Wildman–Crippen LogP) is -0.397. The van der Waals surface area contributed by atoms with E-state index < -0.39 is 9.84 Å². The topological polar surface area (TPSA) is 90.9 Å². The third-order valence-corrected chi connectivity index (χ3v) is 2.93. The number of anilines is 1. The summed E-state index contributed by atoms with van der Waals surface area (Å²) in [5.41, 5.74) is 6.26. The Labute approximate surface area is 83.0 Å². The maximum atomic E-state index is 10.8. The fourth-order valence-corrected chi connectivity index (χ4v) is 1.72. The van der Waals surface area contributed by atoms with Crippen molar-refractivity contribution in [3.8, 4) is 0 Å². The van der Waals surface area contributed by atoms with Gasteiger partial charge in [0.2, 0.25) is 0 Å². The molecule has 0 spiro atoms. The highest BCUT2D eigenvalue weighted by atomic mass is 32.2. The average molecular weight is 218 g/mol. The van der Waals surface area contributed by atoms with Gasteiger partial charge in [0, 0.05) is 12.8 Å². The van der Waals surface area contributed by atoms with E-state index >= 15 is 0 Å². The Bertz CT molecular complexity index is 409. The average Bonchev–Trinajstić information content (AvgIpc) is 2.33. The first kappa shape index (κ1) is 11.0. The van der Waals surface area contributed by atoms with Gasteiger partial charge in [-0.05, 0) is 13.3 Å². The Morgan fingerprint density at radius 2 is 2.14 bits per heavy atom. The van der Waals surface area contributed by atoms with E-state index in [-0.39, 0.29) is 5.75 Å². The lowest BCUT2D eigenvalue weighted by Gasteiger charge is -2.01. The van der Waals surface area contributed by atoms with Crippen molar-refractivity contribution in [2.75, 3.05) is 17.7 Å². The van der Waals surface area contributed by atoms with Gasteiger partial charge in [0.1, 0.15) is 9.84 Å². The summed E-state index contributed by atoms with van der Waals surface area (Å²) in [5, 5.41) is 7.45. The minimum atomic E-state index is -2.89. The van der Waals surface area contributed by atoms with Gasteiger partial charge in [-0.25, -0.2) is 13.1 Å². The SMILES string of the molecule is Cc1c(N)nnn1CCCS(C)(=O)=O. The Morgan fingerprint density at radius 3 is 2.57 bits per heavy atom. The molecule has 14 heavy (non-hydrogen) atoms. The van der Waals surface area contributed by atoms with Crippen molar-refractivity contribution in [1.82, 2.24) is 15.0 Å². The Kier molecular flexibility index (Phi) is 3.10. The highest BCUT2D eigenvalue weighted by molar-refractivity contribution is 7.90. The van der Waals surface area contributed by atoms with E-state index in [1.54, 1.807) is 11.6 Å². The second-order valence-electron chi connectivity index (χ2n) is 3.27. The Balaban J connectivity index is 2.51. The van der Waals surface area contributed by atoms with E-state index in [1.807, 2.05) is 0 Å². The van der Waals surface area contributed by atoms with Crippen LogP contribution in [0.2, 0.25) is 0 Å². The molecule has 7 heteroatoms. The summed E-state index contributed by atoms with van der Waals surface area (Å²) in [4.78, 5) is 0. The van der Waals surface area contributed by atoms with Gasteiger partial charge in [-0.15, -0.1) is 5.10 Å². The quantitative estimate of drug-likeness (QED) is 0.742. The molecular formula is C7H14N4O2S. The number of aromatic nitrogens is 3. The molecule has 0 aromatic carbocycles. The summed E-state index contributed by atoms with van der Waals surface area (Å²) in [6.45, 7) is 2.33. The second kappa shape index (κ2) is 3.95. The van der Waals surface area contributed by atoms with Gasteiger partial charge in [0.25, 0.3) is 0 Å². The molecule has 0 bridgehead atoms. The number of nitrogens with zero attached hydrogens (tertiary/aromatic N) is 3. The van der Waals surface area contributed by atoms with Crippen LogP contribution in [-0.4, -0.2) is 35.4 Å². The van der Waals surface area contributed by atoms with E-state index in [9.17, 15) is 8.42 Å². The first-order valence-electron chi connectivity index (χ1n) is 4.23. The molecule has 80 valence electrons. The number of sulfone groups is 1. The lowest BCUT2D eigenvalue weighted by Crippen LogP contribution is -2.09. The predicted molar refractivity (Wildman–Crippen MR) is 53.5 cm³/mol. The number of aryl methyl sites for hydroxylation is 1. The zero-order valence-electron chi connectivity index (χ0n) is 8.27. The van der Waals surface area contributed by atoms with Gasteiger partial charge in [-0.2, -0.15) is 0 Å². The molecule has 2 N–H and O–H groups in total. The van der Waals surface area contributed by atoms with Crippen LogP contribution < -0.4 is 5.73 Å². The second-order valence-corrected chi connectivity index (χ2v) is 5.53. The fourth-order valence-electron chi connectivity index (χ4n) is 1.06. The summed E-state index contributed by atoms with van der Waals surface area (Å²) >= 11 is 0. The van der Waals surface area contributed by atoms with Crippen LogP contribution in [0, 0.1) is 6.92 Å². The number of hydrogen-bond acceptors (Lipinski definition) is 5. The highest BCUT2D eigenvalue weighted by Crippen LogP contribution is 2.05. The highest BCUT2D eigenvalue weighted by Gasteiger charge is 2.06. The van der Waals surface area contributed by atoms with Crippen molar-refractivity contribution in [3.63, 3.8) is 0 Å². The van der Waals surface area contributed by atoms with Crippen LogP contribution in [0.15, 0.2) is 0 Å². The largest absolute Gasteiger partial charge is 0.381 e. The summed E-state index contributed by atoms with van der Waals surface area (Å²) in [6.07, 6.45) is 1.75. The third kappa shape index (κ3) is 2.99. The molecule has 0 amide bonds. The first-order chi connectivity index (χ1) is 6.40. The van der Waals surface area contributed by atoms with Crippen LogP contribution in [0.5, 0.6) is 0 Å². The minimum Gasteiger partial charge on any atom is -0.381 e. The van der Waals surface area contributed by atoms with Crippen LogP contribution in [-0.2, 0) is 16.4 Å². The molecule has 0 radical (unpaired) electrons. The van der Waals surface area contributed by atoms with Crippen molar-refractivity contribution >= 4 is 15.7 Å². The van der Waals surface area contributed by atoms with Crippen molar-refractivity contribution in [2.45, 2.75) is 19.9 Å². The molecule has 0 aliphatic carbocycles. The Morgan fingerprint density at radius 1 is 1.50 bits per heavy atom. The molecular weight excluding hydrogens is 204 g/mol. The van der Waals surface area contributed by atoms with Crippen molar-refractivity contribution < 1.29 is 8.42 Å². The smallest absolute Gasteiger partial charge is 0.168 e. The molecule has 0 atom stereocenters. The summed E-state index contributed by atoms with van der Waals surface area (Å²) in [5.74, 6) is 0.552. The fraction of sp³-hybridized carbons (Fsp3) is 0.714. The molecule has 6 nitrogen and oxygen atoms in total. The standard InChI is InChI=1S/C7H14N4O2S/c1-6-7(8)9-10-11(6)4-3-5-14(2,12)13/h3-5,8H2,1-2H3. The maximum absolute atomic E-state index is 10.8. The molecule has 0 fully saturated rings. The van der Waals surface area contributed by atoms with Crippen LogP contribution in [0.1, 0.15) is 12.1 Å². The van der Waals surface area contributed by atoms with Crippen molar-refractivity contribution in [1.29, 1.82) is 0 Å². The molecule has 0 aliphatic rings. The maximum Gasteiger partial charge on any atom is 0.168 e. The van der Waals surface area contributed by atoms with Crippen LogP contribution in [0.25, 0.3) is 0 Å². The molecule has 1 aromatic rings. The molecule has 1 heterocycles. The minimum absolute atomic E-state index is 0.159. The third-order valence-electron chi connectivity index (χ3n) is 1.90. The van der Waals surface area contributed by atoms with Gasteiger partial charge >= 0.3 is 0 Å². The number of nitrogen functional groups attached to an aromatic ring is 1. The normalized spacial score (nSPS) is 11.9. The van der Waals surface area contributed by atoms with E-state index in [2.05, 4.69) is 10.3 Å². The lowest BCUT2D eigenvalue weighted by molar-refractivity contribution is 0.555. The van der Waals surface area contributed by atoms with E-state index in [4.69, 9.17) is 5.73 Å². The molecule has 0 unspecified atom stereocenters. The number of hydrogen-bond donors (Lipinski definition) is 1. The summed E-state index contributed by atoms with van der Waals surface area (Å²) < 4.78 is 23.3. The van der Waals surface area contributed by atoms with Crippen LogP contribution in [0.3, 0.4) is 0 Å². The lowest BCUT2D eigenvalue weighted by atomic mass is 10.4. The van der Waals surface area contributed by atoms with Crippen LogP contribution in [0.4, 0.5) is 5.82 Å². The zero-order chi connectivity index (χ0) is 10.8. The molecule has 1 aromatic heterocycles. The Hall–Kier alpha value is -1.11. The molecule has 0 saturated carbocycles. The van der Waals surface area contributed by atoms with Crippen molar-refractivity contribution in [2.24, 2.45) is 0 Å². The zero-order valence-corrected chi connectivity index (χ0v) is 9.08. The summed E-state index contributed by atoms with van der Waals surface area (Å²) in [6, 6.07) is 0.